The first-order valence-corrected chi connectivity index (χ1v) is 9.69. The zero-order valence-electron chi connectivity index (χ0n) is 14.2. The van der Waals surface area contributed by atoms with Gasteiger partial charge in [0.15, 0.2) is 10.3 Å². The summed E-state index contributed by atoms with van der Waals surface area (Å²) in [6.45, 7) is 8.10. The fourth-order valence-electron chi connectivity index (χ4n) is 2.69. The summed E-state index contributed by atoms with van der Waals surface area (Å²) in [5.74, 6) is 0.262. The Bertz CT molecular complexity index is 837. The van der Waals surface area contributed by atoms with Crippen molar-refractivity contribution in [2.45, 2.75) is 45.8 Å². The topological polar surface area (TPSA) is 76.9 Å². The van der Waals surface area contributed by atoms with Gasteiger partial charge in [0, 0.05) is 28.4 Å². The number of hydrogen-bond donors (Lipinski definition) is 1. The number of rotatable bonds is 3. The standard InChI is InChI=1S/C16H20N4O2S2/c1-5-12-9(3)18-16-20(14(12)22)6-11(7-23-16)13(21)19-15-17-8(2)10(4)24-15/h11H,5-7H2,1-4H3,(H,17,19,21). The largest absolute Gasteiger partial charge is 0.302 e. The lowest BCUT2D eigenvalue weighted by Gasteiger charge is -2.24. The van der Waals surface area contributed by atoms with Gasteiger partial charge in [-0.2, -0.15) is 0 Å². The van der Waals surface area contributed by atoms with Crippen LogP contribution in [0.4, 0.5) is 5.13 Å². The smallest absolute Gasteiger partial charge is 0.257 e. The molecule has 0 fully saturated rings. The quantitative estimate of drug-likeness (QED) is 0.847. The highest BCUT2D eigenvalue weighted by Gasteiger charge is 2.28. The van der Waals surface area contributed by atoms with E-state index in [-0.39, 0.29) is 17.4 Å². The third-order valence-corrected chi connectivity index (χ3v) is 6.36. The lowest BCUT2D eigenvalue weighted by Crippen LogP contribution is -2.38. The van der Waals surface area contributed by atoms with E-state index in [1.807, 2.05) is 27.7 Å². The third-order valence-electron chi connectivity index (χ3n) is 4.23. The van der Waals surface area contributed by atoms with Crippen molar-refractivity contribution >= 4 is 34.1 Å². The zero-order valence-corrected chi connectivity index (χ0v) is 15.8. The Hall–Kier alpha value is -1.67. The van der Waals surface area contributed by atoms with Crippen molar-refractivity contribution in [3.8, 4) is 0 Å². The van der Waals surface area contributed by atoms with Crippen molar-refractivity contribution in [1.29, 1.82) is 0 Å². The predicted octanol–water partition coefficient (Wildman–Crippen LogP) is 2.55. The number of fused-ring (bicyclic) bond motifs is 1. The molecular formula is C16H20N4O2S2. The Balaban J connectivity index is 1.81. The highest BCUT2D eigenvalue weighted by atomic mass is 32.2. The monoisotopic (exact) mass is 364 g/mol. The maximum absolute atomic E-state index is 12.6. The van der Waals surface area contributed by atoms with Gasteiger partial charge in [-0.3, -0.25) is 14.2 Å². The summed E-state index contributed by atoms with van der Waals surface area (Å²) in [5, 5.41) is 4.21. The van der Waals surface area contributed by atoms with Gasteiger partial charge in [0.25, 0.3) is 5.56 Å². The molecule has 3 rings (SSSR count). The molecule has 1 amide bonds. The molecule has 1 N–H and O–H groups in total. The SMILES string of the molecule is CCc1c(C)nc2n(c1=O)CC(C(=O)Nc1nc(C)c(C)s1)CS2. The van der Waals surface area contributed by atoms with E-state index < -0.39 is 0 Å². The minimum Gasteiger partial charge on any atom is -0.302 e. The minimum atomic E-state index is -0.265. The summed E-state index contributed by atoms with van der Waals surface area (Å²) < 4.78 is 1.64. The van der Waals surface area contributed by atoms with E-state index in [2.05, 4.69) is 15.3 Å². The van der Waals surface area contributed by atoms with E-state index in [0.29, 0.717) is 29.0 Å². The fourth-order valence-corrected chi connectivity index (χ4v) is 4.63. The van der Waals surface area contributed by atoms with Gasteiger partial charge in [0.1, 0.15) is 0 Å². The molecule has 0 spiro atoms. The van der Waals surface area contributed by atoms with E-state index >= 15 is 0 Å². The molecule has 0 aliphatic carbocycles. The van der Waals surface area contributed by atoms with E-state index in [4.69, 9.17) is 0 Å². The van der Waals surface area contributed by atoms with Crippen LogP contribution >= 0.6 is 23.1 Å². The van der Waals surface area contributed by atoms with Gasteiger partial charge < -0.3 is 5.32 Å². The van der Waals surface area contributed by atoms with Crippen LogP contribution in [0.2, 0.25) is 0 Å². The second-order valence-corrected chi connectivity index (χ2v) is 8.08. The van der Waals surface area contributed by atoms with E-state index in [1.54, 1.807) is 4.57 Å². The molecule has 0 radical (unpaired) electrons. The molecule has 6 nitrogen and oxygen atoms in total. The van der Waals surface area contributed by atoms with Crippen molar-refractivity contribution in [1.82, 2.24) is 14.5 Å². The second-order valence-electron chi connectivity index (χ2n) is 5.89. The first kappa shape index (κ1) is 17.2. The number of thioether (sulfide) groups is 1. The van der Waals surface area contributed by atoms with Crippen LogP contribution in [-0.2, 0) is 17.8 Å². The Labute approximate surface area is 148 Å². The zero-order chi connectivity index (χ0) is 17.4. The van der Waals surface area contributed by atoms with Crippen LogP contribution < -0.4 is 10.9 Å². The summed E-state index contributed by atoms with van der Waals surface area (Å²) in [7, 11) is 0. The summed E-state index contributed by atoms with van der Waals surface area (Å²) in [5.41, 5.74) is 2.43. The van der Waals surface area contributed by atoms with Crippen LogP contribution in [0.25, 0.3) is 0 Å². The summed E-state index contributed by atoms with van der Waals surface area (Å²) in [6, 6.07) is 0. The Morgan fingerprint density at radius 3 is 2.67 bits per heavy atom. The summed E-state index contributed by atoms with van der Waals surface area (Å²) >= 11 is 2.94. The maximum Gasteiger partial charge on any atom is 0.257 e. The van der Waals surface area contributed by atoms with Gasteiger partial charge in [0.05, 0.1) is 11.6 Å². The third kappa shape index (κ3) is 3.12. The van der Waals surface area contributed by atoms with Crippen molar-refractivity contribution in [2.75, 3.05) is 11.1 Å². The number of anilines is 1. The minimum absolute atomic E-state index is 0.0223. The molecule has 0 bridgehead atoms. The molecule has 128 valence electrons. The molecule has 1 aliphatic heterocycles. The number of nitrogens with zero attached hydrogens (tertiary/aromatic N) is 3. The van der Waals surface area contributed by atoms with Crippen molar-refractivity contribution in [3.63, 3.8) is 0 Å². The molecular weight excluding hydrogens is 344 g/mol. The van der Waals surface area contributed by atoms with Crippen LogP contribution in [0.3, 0.4) is 0 Å². The molecule has 1 unspecified atom stereocenters. The van der Waals surface area contributed by atoms with Crippen molar-refractivity contribution < 1.29 is 4.79 Å². The highest BCUT2D eigenvalue weighted by molar-refractivity contribution is 7.99. The molecule has 2 aromatic rings. The van der Waals surface area contributed by atoms with Gasteiger partial charge in [-0.1, -0.05) is 18.7 Å². The van der Waals surface area contributed by atoms with E-state index in [0.717, 1.165) is 21.8 Å². The van der Waals surface area contributed by atoms with Gasteiger partial charge >= 0.3 is 0 Å². The number of nitrogens with one attached hydrogen (secondary N) is 1. The molecule has 2 aromatic heterocycles. The van der Waals surface area contributed by atoms with E-state index in [1.165, 1.54) is 23.1 Å². The Morgan fingerprint density at radius 2 is 2.04 bits per heavy atom. The molecule has 1 atom stereocenters. The molecule has 0 aromatic carbocycles. The predicted molar refractivity (Wildman–Crippen MR) is 97.0 cm³/mol. The van der Waals surface area contributed by atoms with Crippen LogP contribution in [0.15, 0.2) is 9.95 Å². The van der Waals surface area contributed by atoms with Gasteiger partial charge in [-0.15, -0.1) is 11.3 Å². The number of thiazole rings is 1. The van der Waals surface area contributed by atoms with Crippen molar-refractivity contribution in [3.05, 3.63) is 32.2 Å². The number of aryl methyl sites for hydroxylation is 3. The number of amides is 1. The molecule has 1 aliphatic rings. The van der Waals surface area contributed by atoms with Crippen LogP contribution in [-0.4, -0.2) is 26.2 Å². The normalized spacial score (nSPS) is 16.8. The number of carbonyl (C=O) groups excluding carboxylic acids is 1. The lowest BCUT2D eigenvalue weighted by atomic mass is 10.1. The number of carbonyl (C=O) groups is 1. The summed E-state index contributed by atoms with van der Waals surface area (Å²) in [6.07, 6.45) is 0.650. The number of aromatic nitrogens is 3. The van der Waals surface area contributed by atoms with Gasteiger partial charge in [-0.25, -0.2) is 9.97 Å². The lowest BCUT2D eigenvalue weighted by molar-refractivity contribution is -0.119. The van der Waals surface area contributed by atoms with E-state index in [9.17, 15) is 9.59 Å². The first-order chi connectivity index (χ1) is 11.4. The average molecular weight is 364 g/mol. The number of hydrogen-bond acceptors (Lipinski definition) is 6. The highest BCUT2D eigenvalue weighted by Crippen LogP contribution is 2.28. The fraction of sp³-hybridized carbons (Fsp3) is 0.500. The van der Waals surface area contributed by atoms with Gasteiger partial charge in [-0.05, 0) is 27.2 Å². The summed E-state index contributed by atoms with van der Waals surface area (Å²) in [4.78, 5) is 35.1. The van der Waals surface area contributed by atoms with Crippen LogP contribution in [0.1, 0.15) is 28.8 Å². The second kappa shape index (κ2) is 6.68. The molecule has 24 heavy (non-hydrogen) atoms. The first-order valence-electron chi connectivity index (χ1n) is 7.88. The van der Waals surface area contributed by atoms with Gasteiger partial charge in [0.2, 0.25) is 5.91 Å². The molecule has 3 heterocycles. The van der Waals surface area contributed by atoms with Crippen LogP contribution in [0.5, 0.6) is 0 Å². The maximum atomic E-state index is 12.6. The Kier molecular flexibility index (Phi) is 4.78. The average Bonchev–Trinajstić information content (AvgIpc) is 2.85. The Morgan fingerprint density at radius 1 is 1.29 bits per heavy atom. The molecule has 0 saturated carbocycles. The molecule has 8 heteroatoms. The van der Waals surface area contributed by atoms with Crippen molar-refractivity contribution in [2.24, 2.45) is 5.92 Å². The van der Waals surface area contributed by atoms with Crippen LogP contribution in [0, 0.1) is 26.7 Å². The molecule has 0 saturated heterocycles.